The Morgan fingerprint density at radius 1 is 0.397 bits per heavy atom. The summed E-state index contributed by atoms with van der Waals surface area (Å²) in [5.41, 5.74) is -0.815. The second-order valence-corrected chi connectivity index (χ2v) is 32.3. The van der Waals surface area contributed by atoms with Crippen LogP contribution >= 0.6 is 0 Å². The van der Waals surface area contributed by atoms with E-state index in [1.165, 1.54) is 0 Å². The van der Waals surface area contributed by atoms with Crippen molar-refractivity contribution in [3.8, 4) is 0 Å². The van der Waals surface area contributed by atoms with Gasteiger partial charge >= 0.3 is 18.0 Å². The number of alkyl carbamates (subject to hydrolysis) is 1. The number of hydrogen-bond acceptors (Lipinski definition) is 32. The number of nitrogens with zero attached hydrogens (tertiary/aromatic N) is 1. The van der Waals surface area contributed by atoms with Crippen LogP contribution in [0.15, 0.2) is 0 Å². The van der Waals surface area contributed by atoms with Crippen molar-refractivity contribution in [2.24, 2.45) is 23.2 Å². The van der Waals surface area contributed by atoms with Crippen LogP contribution in [0.3, 0.4) is 0 Å². The molecule has 0 saturated carbocycles. The molecule has 37 nitrogen and oxygen atoms in total. The van der Waals surface area contributed by atoms with Crippen LogP contribution in [-0.4, -0.2) is 335 Å². The van der Waals surface area contributed by atoms with Gasteiger partial charge in [0, 0.05) is 135 Å². The van der Waals surface area contributed by atoms with Crippen LogP contribution in [0.25, 0.3) is 0 Å². The van der Waals surface area contributed by atoms with Crippen molar-refractivity contribution in [2.75, 3.05) is 139 Å². The molecular weight excluding hydrogens is 1590 g/mol. The Morgan fingerprint density at radius 3 is 1.29 bits per heavy atom. The molecule has 4 aliphatic rings. The van der Waals surface area contributed by atoms with Gasteiger partial charge in [0.05, 0.1) is 116 Å². The van der Waals surface area contributed by atoms with Gasteiger partial charge in [-0.05, 0) is 121 Å². The van der Waals surface area contributed by atoms with E-state index in [2.05, 4.69) is 21.3 Å². The third kappa shape index (κ3) is 43.9. The predicted octanol–water partition coefficient (Wildman–Crippen LogP) is 2.50. The van der Waals surface area contributed by atoms with E-state index in [-0.39, 0.29) is 184 Å². The average molecular weight is 1740 g/mol. The smallest absolute Gasteiger partial charge is 0.407 e. The van der Waals surface area contributed by atoms with E-state index in [1.807, 2.05) is 0 Å². The maximum absolute atomic E-state index is 14.2. The van der Waals surface area contributed by atoms with Gasteiger partial charge in [0.15, 0.2) is 24.7 Å². The van der Waals surface area contributed by atoms with Crippen molar-refractivity contribution in [1.29, 1.82) is 0 Å². The standard InChI is InChI=1S/C84H147N5O32/c1-57-74(102)77(105)65(52-90)119-80(57)115-40-17-25-61(93)23-9-6-16-38-88-83(108)118-45-22-35-84(33-20-43-113-72(100)29-10-7-14-36-85-68(96)26-18-41-116-81-58(2)75(103)78(106)66(53-91)120-81,34-21-44-114-73(101)30-11-8-15-37-86-69(97)27-19-42-117-82-59(3)76(104)79(107)67(54-92)121-82)50-62(94)31-32-70(98)87-39-46-111-47-48-112-56-63(95)24-12-13-28-71(99)89-51-64(110-5)49-60(89)55-109-4/h57-60,64-67,74-82,90-92,102-107H,6-56H2,1-5H3,(H,85,96)(H,86,97)(H,87,98)(H,88,108)/t57?,58?,59?,60-,64+,65?,66?,67?,74?,75?,76?,77?,78?,79?,80?,81?,82?,84?/m1/s1. The van der Waals surface area contributed by atoms with Crippen molar-refractivity contribution in [3.63, 3.8) is 0 Å². The Balaban J connectivity index is 1.28. The summed E-state index contributed by atoms with van der Waals surface area (Å²) in [7, 11) is 3.22. The van der Waals surface area contributed by atoms with Crippen LogP contribution in [0, 0.1) is 23.2 Å². The number of hydrogen-bond donors (Lipinski definition) is 13. The molecule has 0 aliphatic carbocycles. The van der Waals surface area contributed by atoms with Crippen LogP contribution in [0.1, 0.15) is 226 Å². The Morgan fingerprint density at radius 2 is 0.810 bits per heavy atom. The van der Waals surface area contributed by atoms with Crippen LogP contribution < -0.4 is 21.3 Å². The zero-order chi connectivity index (χ0) is 88.7. The number of unbranched alkanes of at least 4 members (excludes halogenated alkanes) is 7. The number of amides is 5. The van der Waals surface area contributed by atoms with Crippen molar-refractivity contribution in [2.45, 2.75) is 312 Å². The fraction of sp³-hybridized carbons (Fsp3) is 0.881. The van der Waals surface area contributed by atoms with Gasteiger partial charge in [-0.2, -0.15) is 0 Å². The maximum atomic E-state index is 14.2. The topological polar surface area (TPSA) is 524 Å². The number of likely N-dealkylation sites (tertiary alicyclic amines) is 1. The number of methoxy groups -OCH3 is 2. The third-order valence-electron chi connectivity index (χ3n) is 22.5. The highest BCUT2D eigenvalue weighted by atomic mass is 16.7. The largest absolute Gasteiger partial charge is 0.466 e. The minimum atomic E-state index is -1.25. The molecule has 0 bridgehead atoms. The lowest BCUT2D eigenvalue weighted by Gasteiger charge is -2.40. The first kappa shape index (κ1) is 108. The quantitative estimate of drug-likeness (QED) is 0.0236. The van der Waals surface area contributed by atoms with Gasteiger partial charge in [-0.25, -0.2) is 4.79 Å². The Kier molecular flexibility index (Phi) is 56.3. The highest BCUT2D eigenvalue weighted by molar-refractivity contribution is 5.85. The molecule has 0 radical (unpaired) electrons. The summed E-state index contributed by atoms with van der Waals surface area (Å²) in [5.74, 6) is -3.63. The van der Waals surface area contributed by atoms with Crippen LogP contribution in [0.5, 0.6) is 0 Å². The van der Waals surface area contributed by atoms with Gasteiger partial charge in [-0.1, -0.05) is 40.0 Å². The van der Waals surface area contributed by atoms with E-state index in [9.17, 15) is 93.9 Å². The van der Waals surface area contributed by atoms with Gasteiger partial charge in [0.25, 0.3) is 0 Å². The number of ether oxygens (including phenoxy) is 13. The molecule has 4 heterocycles. The van der Waals surface area contributed by atoms with E-state index >= 15 is 0 Å². The molecule has 5 amide bonds. The SMILES string of the molecule is COC[C@H]1C[C@H](OC)CN1C(=O)CCCCC(=O)COCCOCCNC(=O)CCC(=O)CC(CCCOC(=O)CCCCCNC(=O)CCCOC1OC(CO)C(O)C(O)C1C)(CCCOC(=O)CCCCCNC(=O)CCCOC1OC(CO)C(O)C(O)C1C)CCCOC(=O)NCCCCCC(=O)CCCOC1OC(CO)C(O)C(O)C1C. The first-order chi connectivity index (χ1) is 58.2. The number of ketones is 3. The summed E-state index contributed by atoms with van der Waals surface area (Å²) >= 11 is 0. The highest BCUT2D eigenvalue weighted by Crippen LogP contribution is 2.40. The van der Waals surface area contributed by atoms with Gasteiger partial charge in [0.2, 0.25) is 23.6 Å². The Labute approximate surface area is 712 Å². The molecule has 4 rings (SSSR count). The monoisotopic (exact) mass is 1740 g/mol. The Bertz CT molecular complexity index is 2710. The molecule has 4 fully saturated rings. The molecule has 0 aromatic rings. The zero-order valence-electron chi connectivity index (χ0n) is 72.2. The molecule has 15 unspecified atom stereocenters. The van der Waals surface area contributed by atoms with E-state index in [1.54, 1.807) is 39.9 Å². The summed E-state index contributed by atoms with van der Waals surface area (Å²) in [4.78, 5) is 132. The molecular formula is C84H147N5O32. The van der Waals surface area contributed by atoms with Gasteiger partial charge in [-0.3, -0.25) is 43.2 Å². The summed E-state index contributed by atoms with van der Waals surface area (Å²) in [6.45, 7) is 6.35. The van der Waals surface area contributed by atoms with Crippen molar-refractivity contribution in [3.05, 3.63) is 0 Å². The lowest BCUT2D eigenvalue weighted by atomic mass is 9.71. The summed E-state index contributed by atoms with van der Waals surface area (Å²) in [6, 6.07) is -0.0406. The number of carbonyl (C=O) groups excluding carboxylic acids is 10. The number of Topliss-reactive ketones (excluding diaryl/α,β-unsaturated/α-hetero) is 3. The van der Waals surface area contributed by atoms with Crippen LogP contribution in [-0.2, 0) is 105 Å². The lowest BCUT2D eigenvalue weighted by Crippen LogP contribution is -2.55. The molecule has 0 aromatic heterocycles. The third-order valence-corrected chi connectivity index (χ3v) is 22.5. The molecule has 37 heteroatoms. The highest BCUT2D eigenvalue weighted by Gasteiger charge is 2.45. The van der Waals surface area contributed by atoms with E-state index in [4.69, 9.17) is 61.6 Å². The van der Waals surface area contributed by atoms with Crippen molar-refractivity contribution >= 4 is 59.0 Å². The second-order valence-electron chi connectivity index (χ2n) is 32.3. The molecule has 4 saturated heterocycles. The summed E-state index contributed by atoms with van der Waals surface area (Å²) < 4.78 is 72.8. The van der Waals surface area contributed by atoms with Gasteiger partial charge in [0.1, 0.15) is 54.8 Å². The van der Waals surface area contributed by atoms with Crippen LogP contribution in [0.2, 0.25) is 0 Å². The van der Waals surface area contributed by atoms with E-state index in [0.717, 1.165) is 0 Å². The molecule has 13 N–H and O–H groups in total. The fourth-order valence-electron chi connectivity index (χ4n) is 15.0. The summed E-state index contributed by atoms with van der Waals surface area (Å²) in [5, 5.41) is 101. The number of nitrogens with one attached hydrogen (secondary N) is 4. The Hall–Kier alpha value is -5.66. The number of esters is 2. The van der Waals surface area contributed by atoms with Crippen molar-refractivity contribution in [1.82, 2.24) is 26.2 Å². The predicted molar refractivity (Wildman–Crippen MR) is 434 cm³/mol. The molecule has 4 aliphatic heterocycles. The normalized spacial score (nSPS) is 25.3. The molecule has 121 heavy (non-hydrogen) atoms. The number of aliphatic hydroxyl groups is 9. The van der Waals surface area contributed by atoms with Gasteiger partial charge in [-0.15, -0.1) is 0 Å². The minimum Gasteiger partial charge on any atom is -0.466 e. The first-order valence-corrected chi connectivity index (χ1v) is 44.0. The minimum absolute atomic E-state index is 0.00685. The molecule has 17 atom stereocenters. The number of rotatable bonds is 69. The zero-order valence-corrected chi connectivity index (χ0v) is 72.2. The number of carbonyl (C=O) groups is 10. The maximum Gasteiger partial charge on any atom is 0.407 e. The van der Waals surface area contributed by atoms with E-state index < -0.39 is 141 Å². The molecule has 700 valence electrons. The van der Waals surface area contributed by atoms with Crippen molar-refractivity contribution < 1.29 is 155 Å². The summed E-state index contributed by atoms with van der Waals surface area (Å²) in [6.07, 6.45) is -1.91. The molecule has 0 spiro atoms. The average Bonchev–Trinajstić information content (AvgIpc) is 1.62. The second kappa shape index (κ2) is 63.3. The van der Waals surface area contributed by atoms with Crippen LogP contribution in [0.4, 0.5) is 4.79 Å². The lowest BCUT2D eigenvalue weighted by molar-refractivity contribution is -0.282. The van der Waals surface area contributed by atoms with Gasteiger partial charge < -0.3 is 134 Å². The first-order valence-electron chi connectivity index (χ1n) is 44.0. The number of aliphatic hydroxyl groups excluding tert-OH is 9. The van der Waals surface area contributed by atoms with E-state index in [0.29, 0.717) is 174 Å². The molecule has 0 aromatic carbocycles. The fourth-order valence-corrected chi connectivity index (χ4v) is 15.0.